The zero-order valence-electron chi connectivity index (χ0n) is 28.4. The molecule has 0 atom stereocenters. The van der Waals surface area contributed by atoms with Crippen LogP contribution in [-0.4, -0.2) is 24.5 Å². The standard InChI is InChI=1S/C47H29N5S/c1-3-13-29(14-4-1)43-42-37-28-32(25-26-41(37)53-44(42)36-20-7-9-22-38(36)48-43)47-50-45(30-15-5-2-6-16-30)49-46(51-47)31-17-11-18-33(27-31)52-39-23-10-8-19-34(39)35-21-12-24-40(35)52/h1-20,22-28H,21H2. The number of pyridine rings is 1. The zero-order valence-corrected chi connectivity index (χ0v) is 29.3. The number of allylic oxidation sites excluding steroid dienone is 1. The number of thiophene rings is 1. The summed E-state index contributed by atoms with van der Waals surface area (Å²) in [6, 6.07) is 52.9. The molecule has 0 aliphatic heterocycles. The molecule has 1 aliphatic carbocycles. The second-order valence-corrected chi connectivity index (χ2v) is 14.5. The van der Waals surface area contributed by atoms with Gasteiger partial charge in [0.15, 0.2) is 17.5 Å². The number of para-hydroxylation sites is 2. The molecule has 4 heterocycles. The van der Waals surface area contributed by atoms with Crippen molar-refractivity contribution < 1.29 is 0 Å². The second kappa shape index (κ2) is 11.9. The molecule has 10 aromatic rings. The minimum atomic E-state index is 0.630. The van der Waals surface area contributed by atoms with Gasteiger partial charge in [-0.1, -0.05) is 115 Å². The van der Waals surface area contributed by atoms with Gasteiger partial charge in [0, 0.05) is 58.9 Å². The van der Waals surface area contributed by atoms with Crippen molar-refractivity contribution >= 4 is 59.4 Å². The molecule has 11 rings (SSSR count). The summed E-state index contributed by atoms with van der Waals surface area (Å²) in [6.07, 6.45) is 5.43. The molecular weight excluding hydrogens is 667 g/mol. The summed E-state index contributed by atoms with van der Waals surface area (Å²) in [7, 11) is 0. The van der Waals surface area contributed by atoms with E-state index in [0.717, 1.165) is 61.7 Å². The lowest BCUT2D eigenvalue weighted by molar-refractivity contribution is 1.07. The number of aromatic nitrogens is 5. The maximum atomic E-state index is 5.23. The number of hydrogen-bond donors (Lipinski definition) is 0. The van der Waals surface area contributed by atoms with Gasteiger partial charge < -0.3 is 4.57 Å². The van der Waals surface area contributed by atoms with Crippen molar-refractivity contribution in [2.45, 2.75) is 6.42 Å². The van der Waals surface area contributed by atoms with Crippen LogP contribution in [0.4, 0.5) is 0 Å². The van der Waals surface area contributed by atoms with Gasteiger partial charge in [-0.3, -0.25) is 0 Å². The summed E-state index contributed by atoms with van der Waals surface area (Å²) in [5.74, 6) is 1.90. The van der Waals surface area contributed by atoms with Crippen molar-refractivity contribution in [1.82, 2.24) is 24.5 Å². The number of hydrogen-bond acceptors (Lipinski definition) is 5. The van der Waals surface area contributed by atoms with Crippen LogP contribution in [0.1, 0.15) is 11.3 Å². The van der Waals surface area contributed by atoms with E-state index in [4.69, 9.17) is 19.9 Å². The third kappa shape index (κ3) is 4.84. The molecule has 6 aromatic carbocycles. The minimum Gasteiger partial charge on any atom is -0.310 e. The first-order valence-electron chi connectivity index (χ1n) is 17.8. The Morgan fingerprint density at radius 3 is 1.98 bits per heavy atom. The van der Waals surface area contributed by atoms with E-state index in [-0.39, 0.29) is 0 Å². The van der Waals surface area contributed by atoms with E-state index in [1.54, 1.807) is 0 Å². The first-order chi connectivity index (χ1) is 26.3. The van der Waals surface area contributed by atoms with E-state index in [9.17, 15) is 0 Å². The number of fused-ring (bicyclic) bond motifs is 8. The molecule has 1 aliphatic rings. The molecule has 0 saturated heterocycles. The van der Waals surface area contributed by atoms with Gasteiger partial charge in [0.1, 0.15) is 0 Å². The summed E-state index contributed by atoms with van der Waals surface area (Å²) >= 11 is 1.81. The molecule has 0 saturated carbocycles. The number of rotatable bonds is 5. The normalized spacial score (nSPS) is 12.4. The molecule has 0 fully saturated rings. The molecule has 248 valence electrons. The predicted molar refractivity (Wildman–Crippen MR) is 219 cm³/mol. The number of nitrogens with zero attached hydrogens (tertiary/aromatic N) is 5. The Morgan fingerprint density at radius 2 is 1.17 bits per heavy atom. The highest BCUT2D eigenvalue weighted by molar-refractivity contribution is 7.26. The summed E-state index contributed by atoms with van der Waals surface area (Å²) in [5.41, 5.74) is 10.8. The topological polar surface area (TPSA) is 56.5 Å². The third-order valence-electron chi connectivity index (χ3n) is 10.3. The quantitative estimate of drug-likeness (QED) is 0.180. The molecule has 53 heavy (non-hydrogen) atoms. The monoisotopic (exact) mass is 695 g/mol. The highest BCUT2D eigenvalue weighted by Gasteiger charge is 2.21. The first kappa shape index (κ1) is 29.9. The summed E-state index contributed by atoms with van der Waals surface area (Å²) < 4.78 is 4.79. The van der Waals surface area contributed by atoms with Crippen molar-refractivity contribution in [1.29, 1.82) is 0 Å². The predicted octanol–water partition coefficient (Wildman–Crippen LogP) is 12.0. The largest absolute Gasteiger partial charge is 0.310 e. The van der Waals surface area contributed by atoms with Crippen LogP contribution >= 0.6 is 11.3 Å². The van der Waals surface area contributed by atoms with E-state index in [1.165, 1.54) is 31.6 Å². The van der Waals surface area contributed by atoms with Crippen molar-refractivity contribution in [3.05, 3.63) is 169 Å². The average Bonchev–Trinajstić information content (AvgIpc) is 3.94. The smallest absolute Gasteiger partial charge is 0.164 e. The lowest BCUT2D eigenvalue weighted by Gasteiger charge is -2.12. The van der Waals surface area contributed by atoms with Gasteiger partial charge in [0.2, 0.25) is 0 Å². The van der Waals surface area contributed by atoms with Crippen molar-refractivity contribution in [3.8, 4) is 51.1 Å². The van der Waals surface area contributed by atoms with Crippen LogP contribution in [0.25, 0.3) is 99.2 Å². The Labute approximate surface area is 309 Å². The SMILES string of the molecule is C1=Cc2c(c3ccccc3n2-c2cccc(-c3nc(-c4ccccc4)nc(-c4ccc5sc6c7ccccc7nc(-c7ccccc7)c6c5c4)n3)c2)C1. The highest BCUT2D eigenvalue weighted by atomic mass is 32.1. The van der Waals surface area contributed by atoms with Crippen LogP contribution in [-0.2, 0) is 6.42 Å². The van der Waals surface area contributed by atoms with Crippen LogP contribution in [0.5, 0.6) is 0 Å². The molecule has 0 amide bonds. The van der Waals surface area contributed by atoms with Crippen LogP contribution in [0.2, 0.25) is 0 Å². The highest BCUT2D eigenvalue weighted by Crippen LogP contribution is 2.44. The van der Waals surface area contributed by atoms with Gasteiger partial charge in [-0.25, -0.2) is 19.9 Å². The first-order valence-corrected chi connectivity index (χ1v) is 18.6. The van der Waals surface area contributed by atoms with E-state index >= 15 is 0 Å². The van der Waals surface area contributed by atoms with Gasteiger partial charge >= 0.3 is 0 Å². The third-order valence-corrected chi connectivity index (χ3v) is 11.5. The van der Waals surface area contributed by atoms with Crippen LogP contribution in [0, 0.1) is 0 Å². The average molecular weight is 696 g/mol. The minimum absolute atomic E-state index is 0.630. The molecule has 6 heteroatoms. The molecular formula is C47H29N5S. The Kier molecular flexibility index (Phi) is 6.72. The molecule has 5 nitrogen and oxygen atoms in total. The van der Waals surface area contributed by atoms with E-state index in [1.807, 2.05) is 35.6 Å². The van der Waals surface area contributed by atoms with Gasteiger partial charge in [0.05, 0.1) is 22.4 Å². The molecule has 4 aromatic heterocycles. The summed E-state index contributed by atoms with van der Waals surface area (Å²) in [5, 5.41) is 4.76. The summed E-state index contributed by atoms with van der Waals surface area (Å²) in [6.45, 7) is 0. The van der Waals surface area contributed by atoms with Crippen molar-refractivity contribution in [3.63, 3.8) is 0 Å². The fourth-order valence-electron chi connectivity index (χ4n) is 7.82. The van der Waals surface area contributed by atoms with Gasteiger partial charge in [-0.15, -0.1) is 11.3 Å². The second-order valence-electron chi connectivity index (χ2n) is 13.4. The van der Waals surface area contributed by atoms with Crippen molar-refractivity contribution in [2.75, 3.05) is 0 Å². The zero-order chi connectivity index (χ0) is 34.9. The molecule has 0 unspecified atom stereocenters. The van der Waals surface area contributed by atoms with Crippen LogP contribution < -0.4 is 0 Å². The Hall–Kier alpha value is -6.76. The Balaban J connectivity index is 1.12. The fourth-order valence-corrected chi connectivity index (χ4v) is 9.04. The van der Waals surface area contributed by atoms with Crippen LogP contribution in [0.3, 0.4) is 0 Å². The van der Waals surface area contributed by atoms with Crippen molar-refractivity contribution in [2.24, 2.45) is 0 Å². The Morgan fingerprint density at radius 1 is 0.509 bits per heavy atom. The number of benzene rings is 6. The lowest BCUT2D eigenvalue weighted by atomic mass is 10.0. The Bertz CT molecular complexity index is 3090. The van der Waals surface area contributed by atoms with Gasteiger partial charge in [-0.05, 0) is 60.5 Å². The summed E-state index contributed by atoms with van der Waals surface area (Å²) in [4.78, 5) is 20.6. The molecule has 0 N–H and O–H groups in total. The maximum Gasteiger partial charge on any atom is 0.164 e. The fraction of sp³-hybridized carbons (Fsp3) is 0.0213. The van der Waals surface area contributed by atoms with E-state index < -0.39 is 0 Å². The van der Waals surface area contributed by atoms with Gasteiger partial charge in [0.25, 0.3) is 0 Å². The molecule has 0 radical (unpaired) electrons. The lowest BCUT2D eigenvalue weighted by Crippen LogP contribution is -2.01. The van der Waals surface area contributed by atoms with E-state index in [2.05, 4.69) is 144 Å². The van der Waals surface area contributed by atoms with Crippen LogP contribution in [0.15, 0.2) is 158 Å². The van der Waals surface area contributed by atoms with E-state index in [0.29, 0.717) is 17.5 Å². The maximum absolute atomic E-state index is 5.23. The molecule has 0 bridgehead atoms. The molecule has 0 spiro atoms. The van der Waals surface area contributed by atoms with Gasteiger partial charge in [-0.2, -0.15) is 0 Å².